The van der Waals surface area contributed by atoms with Gasteiger partial charge in [0, 0.05) is 30.9 Å². The molecule has 27 heavy (non-hydrogen) atoms. The number of amides is 1. The lowest BCUT2D eigenvalue weighted by Crippen LogP contribution is -2.45. The van der Waals surface area contributed by atoms with Crippen LogP contribution in [0.1, 0.15) is 42.2 Å². The van der Waals surface area contributed by atoms with Gasteiger partial charge in [0.05, 0.1) is 22.7 Å². The quantitative estimate of drug-likeness (QED) is 0.716. The highest BCUT2D eigenvalue weighted by atomic mass is 32.1. The van der Waals surface area contributed by atoms with Gasteiger partial charge < -0.3 is 4.90 Å². The van der Waals surface area contributed by atoms with E-state index in [0.717, 1.165) is 36.4 Å². The number of aryl methyl sites for hydroxylation is 1. The summed E-state index contributed by atoms with van der Waals surface area (Å²) in [7, 11) is 0. The number of hydrogen-bond donors (Lipinski definition) is 0. The second-order valence-electron chi connectivity index (χ2n) is 7.92. The number of fused-ring (bicyclic) bond motifs is 2. The summed E-state index contributed by atoms with van der Waals surface area (Å²) in [6, 6.07) is 0. The molecule has 2 fully saturated rings. The molecule has 0 N–H and O–H groups in total. The molecule has 4 heterocycles. The van der Waals surface area contributed by atoms with Crippen molar-refractivity contribution in [2.45, 2.75) is 51.1 Å². The summed E-state index contributed by atoms with van der Waals surface area (Å²) < 4.78 is 2.78. The maximum atomic E-state index is 12.6. The van der Waals surface area contributed by atoms with E-state index in [-0.39, 0.29) is 23.8 Å². The average Bonchev–Trinajstić information content (AvgIpc) is 3.14. The standard InChI is InChI=1S/C18H21N5O3S/c1-11-19-13(9-27-11)8-23-16(26)15(25)22-7-5-18(17(22)20-23)4-6-21(10-18)14(24)12-2-3-12/h9,12H,2-8,10H2,1H3/t18-/m1/s1. The average molecular weight is 387 g/mol. The SMILES string of the molecule is Cc1nc(Cn2nc3n(c(=O)c2=O)CC[C@@]32CCN(C(=O)C3CC3)C2)cs1. The topological polar surface area (TPSA) is 90.1 Å². The number of carbonyl (C=O) groups excluding carboxylic acids is 1. The first-order valence-corrected chi connectivity index (χ1v) is 10.3. The van der Waals surface area contributed by atoms with Gasteiger partial charge in [0.15, 0.2) is 0 Å². The van der Waals surface area contributed by atoms with Gasteiger partial charge in [-0.1, -0.05) is 0 Å². The van der Waals surface area contributed by atoms with Crippen LogP contribution in [0.4, 0.5) is 0 Å². The minimum absolute atomic E-state index is 0.193. The predicted molar refractivity (Wildman–Crippen MR) is 98.9 cm³/mol. The van der Waals surface area contributed by atoms with Gasteiger partial charge in [-0.25, -0.2) is 9.67 Å². The first-order chi connectivity index (χ1) is 13.0. The zero-order valence-electron chi connectivity index (χ0n) is 15.2. The second kappa shape index (κ2) is 5.85. The molecular formula is C18H21N5O3S. The summed E-state index contributed by atoms with van der Waals surface area (Å²) in [6.07, 6.45) is 3.53. The minimum atomic E-state index is -0.606. The highest BCUT2D eigenvalue weighted by Gasteiger charge is 2.49. The predicted octanol–water partition coefficient (Wildman–Crippen LogP) is 0.502. The Morgan fingerprint density at radius 3 is 2.74 bits per heavy atom. The number of hydrogen-bond acceptors (Lipinski definition) is 6. The molecule has 9 heteroatoms. The molecule has 1 spiro atoms. The van der Waals surface area contributed by atoms with Crippen LogP contribution in [0.25, 0.3) is 0 Å². The van der Waals surface area contributed by atoms with Gasteiger partial charge in [0.1, 0.15) is 5.82 Å². The second-order valence-corrected chi connectivity index (χ2v) is 8.98. The smallest absolute Gasteiger partial charge is 0.332 e. The van der Waals surface area contributed by atoms with Crippen molar-refractivity contribution in [1.29, 1.82) is 0 Å². The van der Waals surface area contributed by atoms with E-state index >= 15 is 0 Å². The molecule has 1 aliphatic carbocycles. The highest BCUT2D eigenvalue weighted by Crippen LogP contribution is 2.42. The molecule has 3 aliphatic rings. The Hall–Kier alpha value is -2.29. The van der Waals surface area contributed by atoms with E-state index < -0.39 is 11.1 Å². The van der Waals surface area contributed by atoms with Crippen LogP contribution in [0.3, 0.4) is 0 Å². The number of thiazole rings is 1. The summed E-state index contributed by atoms with van der Waals surface area (Å²) in [4.78, 5) is 43.9. The molecular weight excluding hydrogens is 366 g/mol. The van der Waals surface area contributed by atoms with Crippen LogP contribution in [0.2, 0.25) is 0 Å². The number of aromatic nitrogens is 4. The van der Waals surface area contributed by atoms with E-state index in [1.807, 2.05) is 17.2 Å². The van der Waals surface area contributed by atoms with Crippen molar-refractivity contribution in [2.24, 2.45) is 5.92 Å². The molecule has 0 aromatic carbocycles. The molecule has 0 radical (unpaired) electrons. The fraction of sp³-hybridized carbons (Fsp3) is 0.611. The Bertz CT molecular complexity index is 1050. The summed E-state index contributed by atoms with van der Waals surface area (Å²) >= 11 is 1.51. The van der Waals surface area contributed by atoms with Crippen molar-refractivity contribution < 1.29 is 4.79 Å². The maximum absolute atomic E-state index is 12.6. The number of nitrogens with zero attached hydrogens (tertiary/aromatic N) is 5. The largest absolute Gasteiger partial charge is 0.341 e. The molecule has 1 saturated carbocycles. The van der Waals surface area contributed by atoms with Crippen LogP contribution >= 0.6 is 11.3 Å². The summed E-state index contributed by atoms with van der Waals surface area (Å²) in [5.41, 5.74) is -0.696. The lowest BCUT2D eigenvalue weighted by atomic mass is 9.85. The number of likely N-dealkylation sites (tertiary alicyclic amines) is 1. The number of rotatable bonds is 3. The summed E-state index contributed by atoms with van der Waals surface area (Å²) in [5.74, 6) is 1.09. The lowest BCUT2D eigenvalue weighted by molar-refractivity contribution is -0.131. The molecule has 142 valence electrons. The van der Waals surface area contributed by atoms with Gasteiger partial charge >= 0.3 is 11.1 Å². The zero-order valence-corrected chi connectivity index (χ0v) is 16.0. The van der Waals surface area contributed by atoms with Crippen LogP contribution < -0.4 is 11.1 Å². The van der Waals surface area contributed by atoms with Gasteiger partial charge in [0.2, 0.25) is 5.91 Å². The van der Waals surface area contributed by atoms with Gasteiger partial charge in [-0.2, -0.15) is 5.10 Å². The Morgan fingerprint density at radius 2 is 2.04 bits per heavy atom. The van der Waals surface area contributed by atoms with E-state index in [2.05, 4.69) is 10.1 Å². The highest BCUT2D eigenvalue weighted by molar-refractivity contribution is 7.09. The molecule has 0 unspecified atom stereocenters. The third-order valence-corrected chi connectivity index (χ3v) is 6.81. The molecule has 2 aromatic heterocycles. The van der Waals surface area contributed by atoms with E-state index in [1.165, 1.54) is 20.6 Å². The van der Waals surface area contributed by atoms with Gasteiger partial charge in [-0.05, 0) is 32.6 Å². The van der Waals surface area contributed by atoms with E-state index in [1.54, 1.807) is 0 Å². The fourth-order valence-corrected chi connectivity index (χ4v) is 4.95. The Balaban J connectivity index is 1.51. The van der Waals surface area contributed by atoms with E-state index in [4.69, 9.17) is 0 Å². The zero-order chi connectivity index (χ0) is 18.8. The van der Waals surface area contributed by atoms with Crippen molar-refractivity contribution in [1.82, 2.24) is 24.2 Å². The van der Waals surface area contributed by atoms with Crippen molar-refractivity contribution >= 4 is 17.2 Å². The van der Waals surface area contributed by atoms with Gasteiger partial charge in [-0.3, -0.25) is 19.0 Å². The van der Waals surface area contributed by atoms with Gasteiger partial charge in [-0.15, -0.1) is 11.3 Å². The van der Waals surface area contributed by atoms with Crippen LogP contribution in [0.5, 0.6) is 0 Å². The number of carbonyl (C=O) groups is 1. The van der Waals surface area contributed by atoms with Crippen LogP contribution in [-0.2, 0) is 23.3 Å². The maximum Gasteiger partial charge on any atom is 0.332 e. The molecule has 2 aliphatic heterocycles. The van der Waals surface area contributed by atoms with Crippen molar-refractivity contribution in [3.8, 4) is 0 Å². The van der Waals surface area contributed by atoms with Gasteiger partial charge in [0.25, 0.3) is 0 Å². The fourth-order valence-electron chi connectivity index (χ4n) is 4.35. The summed E-state index contributed by atoms with van der Waals surface area (Å²) in [6.45, 7) is 3.91. The van der Waals surface area contributed by atoms with Crippen molar-refractivity contribution in [3.63, 3.8) is 0 Å². The van der Waals surface area contributed by atoms with E-state index in [9.17, 15) is 14.4 Å². The first-order valence-electron chi connectivity index (χ1n) is 9.39. The normalized spacial score (nSPS) is 24.0. The lowest BCUT2D eigenvalue weighted by Gasteiger charge is -2.23. The molecule has 8 nitrogen and oxygen atoms in total. The molecule has 2 aromatic rings. The summed E-state index contributed by atoms with van der Waals surface area (Å²) in [5, 5.41) is 7.40. The first kappa shape index (κ1) is 16.9. The minimum Gasteiger partial charge on any atom is -0.341 e. The molecule has 0 bridgehead atoms. The Kier molecular flexibility index (Phi) is 3.65. The van der Waals surface area contributed by atoms with E-state index in [0.29, 0.717) is 25.5 Å². The monoisotopic (exact) mass is 387 g/mol. The Morgan fingerprint density at radius 1 is 1.26 bits per heavy atom. The van der Waals surface area contributed by atoms with Crippen molar-refractivity contribution in [2.75, 3.05) is 13.1 Å². The van der Waals surface area contributed by atoms with Crippen LogP contribution in [0.15, 0.2) is 15.0 Å². The molecule has 1 amide bonds. The van der Waals surface area contributed by atoms with Crippen LogP contribution in [-0.4, -0.2) is 43.2 Å². The third-order valence-electron chi connectivity index (χ3n) is 5.99. The Labute approximate surface area is 159 Å². The third kappa shape index (κ3) is 2.67. The molecule has 5 rings (SSSR count). The molecule has 1 saturated heterocycles. The van der Waals surface area contributed by atoms with Crippen molar-refractivity contribution in [3.05, 3.63) is 42.6 Å². The molecule has 1 atom stereocenters. The van der Waals surface area contributed by atoms with Crippen LogP contribution in [0, 0.1) is 12.8 Å².